The van der Waals surface area contributed by atoms with E-state index in [0.29, 0.717) is 0 Å². The summed E-state index contributed by atoms with van der Waals surface area (Å²) < 4.78 is 11.5. The van der Waals surface area contributed by atoms with E-state index in [0.717, 1.165) is 66.9 Å². The fourth-order valence-electron chi connectivity index (χ4n) is 10.6. The number of furan rings is 1. The number of aromatic nitrogens is 1. The molecule has 0 aliphatic carbocycles. The van der Waals surface area contributed by atoms with Crippen LogP contribution in [0, 0.1) is 0 Å². The van der Waals surface area contributed by atoms with Gasteiger partial charge in [0.25, 0.3) is 0 Å². The van der Waals surface area contributed by atoms with E-state index in [9.17, 15) is 0 Å². The molecule has 11 aromatic carbocycles. The highest BCUT2D eigenvalue weighted by Gasteiger charge is 2.18. The second-order valence-electron chi connectivity index (χ2n) is 18.1. The van der Waals surface area contributed by atoms with Crippen LogP contribution in [0.4, 0.5) is 17.1 Å². The average Bonchev–Trinajstić information content (AvgIpc) is 4.11. The van der Waals surface area contributed by atoms with E-state index >= 15 is 0 Å². The van der Waals surface area contributed by atoms with Crippen LogP contribution in [0.1, 0.15) is 0 Å². The monoisotopic (exact) mass is 910 g/mol. The fraction of sp³-hybridized carbons (Fsp3) is 0. The van der Waals surface area contributed by atoms with Crippen LogP contribution in [0.3, 0.4) is 0 Å². The van der Waals surface area contributed by atoms with Crippen molar-refractivity contribution in [3.05, 3.63) is 255 Å². The first-order valence-electron chi connectivity index (χ1n) is 23.8. The summed E-state index contributed by atoms with van der Waals surface area (Å²) in [4.78, 5) is 2.36. The molecule has 0 fully saturated rings. The Kier molecular flexibility index (Phi) is 9.39. The molecule has 3 aromatic heterocycles. The molecule has 70 heavy (non-hydrogen) atoms. The largest absolute Gasteiger partial charge is 0.455 e. The minimum absolute atomic E-state index is 0.888. The number of anilines is 3. The minimum atomic E-state index is 0.888. The van der Waals surface area contributed by atoms with Crippen LogP contribution in [0.25, 0.3) is 114 Å². The molecule has 14 aromatic rings. The summed E-state index contributed by atoms with van der Waals surface area (Å²) in [6.07, 6.45) is 0. The first kappa shape index (κ1) is 40.1. The van der Waals surface area contributed by atoms with E-state index in [-0.39, 0.29) is 0 Å². The highest BCUT2D eigenvalue weighted by atomic mass is 32.1. The lowest BCUT2D eigenvalue weighted by atomic mass is 9.99. The van der Waals surface area contributed by atoms with Gasteiger partial charge in [0.15, 0.2) is 0 Å². The van der Waals surface area contributed by atoms with Crippen molar-refractivity contribution in [2.24, 2.45) is 0 Å². The van der Waals surface area contributed by atoms with Crippen molar-refractivity contribution in [2.75, 3.05) is 4.90 Å². The number of thiophene rings is 1. The maximum absolute atomic E-state index is 6.53. The summed E-state index contributed by atoms with van der Waals surface area (Å²) in [6, 6.07) is 92.3. The van der Waals surface area contributed by atoms with E-state index < -0.39 is 0 Å². The van der Waals surface area contributed by atoms with Crippen LogP contribution in [0.5, 0.6) is 0 Å². The molecule has 0 bridgehead atoms. The average molecular weight is 911 g/mol. The number of para-hydroxylation sites is 3. The molecular weight excluding hydrogens is 869 g/mol. The molecule has 0 aliphatic heterocycles. The van der Waals surface area contributed by atoms with E-state index in [4.69, 9.17) is 4.42 Å². The normalized spacial score (nSPS) is 11.7. The third kappa shape index (κ3) is 6.72. The van der Waals surface area contributed by atoms with E-state index in [1.165, 1.54) is 64.2 Å². The second-order valence-corrected chi connectivity index (χ2v) is 19.2. The molecule has 0 amide bonds. The number of hydrogen-bond acceptors (Lipinski definition) is 3. The van der Waals surface area contributed by atoms with Crippen LogP contribution in [-0.4, -0.2) is 4.57 Å². The minimum Gasteiger partial charge on any atom is -0.455 e. The Morgan fingerprint density at radius 2 is 0.829 bits per heavy atom. The van der Waals surface area contributed by atoms with Crippen LogP contribution < -0.4 is 4.90 Å². The van der Waals surface area contributed by atoms with Gasteiger partial charge in [-0.05, 0) is 130 Å². The zero-order valence-corrected chi connectivity index (χ0v) is 38.8. The first-order valence-corrected chi connectivity index (χ1v) is 24.6. The molecule has 4 heteroatoms. The molecule has 0 N–H and O–H groups in total. The third-order valence-corrected chi connectivity index (χ3v) is 15.2. The lowest BCUT2D eigenvalue weighted by Crippen LogP contribution is -2.09. The van der Waals surface area contributed by atoms with Gasteiger partial charge in [-0.3, -0.25) is 0 Å². The van der Waals surface area contributed by atoms with Crippen molar-refractivity contribution in [2.45, 2.75) is 0 Å². The Labute approximate surface area is 409 Å². The SMILES string of the molecule is c1ccc(-c2cccc3c2oc2ccc(-c4ccc(N(c5ccc(-c6ccc7c(c6)sc6ccccc67)cc5)c5ccc(-c6ccc7c(c6)c6ccccc6n7-c6ccccc6)cc5)cc4)cc23)cc1. The van der Waals surface area contributed by atoms with Crippen molar-refractivity contribution in [3.63, 3.8) is 0 Å². The van der Waals surface area contributed by atoms with Gasteiger partial charge in [-0.1, -0.05) is 164 Å². The molecule has 14 rings (SSSR count). The Bertz CT molecular complexity index is 4260. The Hall–Kier alpha value is -8.96. The van der Waals surface area contributed by atoms with Gasteiger partial charge < -0.3 is 13.9 Å². The third-order valence-electron chi connectivity index (χ3n) is 14.0. The smallest absolute Gasteiger partial charge is 0.143 e. The maximum Gasteiger partial charge on any atom is 0.143 e. The highest BCUT2D eigenvalue weighted by molar-refractivity contribution is 7.25. The van der Waals surface area contributed by atoms with Gasteiger partial charge in [0.2, 0.25) is 0 Å². The highest BCUT2D eigenvalue weighted by Crippen LogP contribution is 2.42. The van der Waals surface area contributed by atoms with Gasteiger partial charge in [0.1, 0.15) is 11.2 Å². The lowest BCUT2D eigenvalue weighted by molar-refractivity contribution is 0.670. The van der Waals surface area contributed by atoms with Crippen LogP contribution in [0.2, 0.25) is 0 Å². The summed E-state index contributed by atoms with van der Waals surface area (Å²) in [5, 5.41) is 7.36. The predicted octanol–water partition coefficient (Wildman–Crippen LogP) is 19.2. The zero-order chi connectivity index (χ0) is 46.1. The number of benzene rings is 11. The number of hydrogen-bond donors (Lipinski definition) is 0. The molecule has 0 aliphatic rings. The van der Waals surface area contributed by atoms with Crippen molar-refractivity contribution >= 4 is 92.3 Å². The summed E-state index contributed by atoms with van der Waals surface area (Å²) >= 11 is 1.86. The Balaban J connectivity index is 0.833. The lowest BCUT2D eigenvalue weighted by Gasteiger charge is -2.26. The number of nitrogens with zero attached hydrogens (tertiary/aromatic N) is 2. The van der Waals surface area contributed by atoms with E-state index in [1.807, 2.05) is 17.4 Å². The Morgan fingerprint density at radius 1 is 0.314 bits per heavy atom. The van der Waals surface area contributed by atoms with Crippen molar-refractivity contribution in [3.8, 4) is 50.2 Å². The van der Waals surface area contributed by atoms with Gasteiger partial charge in [0.05, 0.1) is 11.0 Å². The number of fused-ring (bicyclic) bond motifs is 9. The van der Waals surface area contributed by atoms with Gasteiger partial charge in [-0.2, -0.15) is 0 Å². The van der Waals surface area contributed by atoms with Crippen LogP contribution in [0.15, 0.2) is 259 Å². The maximum atomic E-state index is 6.53. The quantitative estimate of drug-likeness (QED) is 0.151. The zero-order valence-electron chi connectivity index (χ0n) is 38.0. The molecule has 0 radical (unpaired) electrons. The van der Waals surface area contributed by atoms with Crippen LogP contribution in [-0.2, 0) is 0 Å². The summed E-state index contributed by atoms with van der Waals surface area (Å²) in [5.74, 6) is 0. The van der Waals surface area contributed by atoms with E-state index in [2.05, 4.69) is 258 Å². The van der Waals surface area contributed by atoms with E-state index in [1.54, 1.807) is 0 Å². The summed E-state index contributed by atoms with van der Waals surface area (Å²) in [6.45, 7) is 0. The standard InChI is InChI=1S/C66H42N2OS/c1-3-12-46(13-4-1)54-18-11-19-58-60-41-48(30-39-63(60)69-66(54)58)44-24-33-52(34-25-44)67(53-35-26-45(27-36-53)49-28-37-57-56-17-8-10-21-64(56)70-65(57)42-49)51-31-22-43(23-32-51)47-29-38-62-59(40-47)55-16-7-9-20-61(55)68(62)50-14-5-2-6-15-50/h1-42H. The van der Waals surface area contributed by atoms with Crippen LogP contribution >= 0.6 is 11.3 Å². The summed E-state index contributed by atoms with van der Waals surface area (Å²) in [5.41, 5.74) is 17.9. The van der Waals surface area contributed by atoms with Gasteiger partial charge in [-0.25, -0.2) is 0 Å². The molecule has 0 atom stereocenters. The van der Waals surface area contributed by atoms with Crippen molar-refractivity contribution in [1.82, 2.24) is 4.57 Å². The first-order chi connectivity index (χ1) is 34.7. The molecular formula is C66H42N2OS. The van der Waals surface area contributed by atoms with Gasteiger partial charge in [-0.15, -0.1) is 11.3 Å². The molecule has 0 saturated carbocycles. The summed E-state index contributed by atoms with van der Waals surface area (Å²) in [7, 11) is 0. The van der Waals surface area contributed by atoms with Gasteiger partial charge >= 0.3 is 0 Å². The predicted molar refractivity (Wildman–Crippen MR) is 297 cm³/mol. The second kappa shape index (κ2) is 16.4. The molecule has 3 nitrogen and oxygen atoms in total. The number of rotatable bonds is 8. The molecule has 0 unspecified atom stereocenters. The fourth-order valence-corrected chi connectivity index (χ4v) is 11.7. The molecule has 3 heterocycles. The topological polar surface area (TPSA) is 21.3 Å². The Morgan fingerprint density at radius 3 is 1.53 bits per heavy atom. The van der Waals surface area contributed by atoms with Crippen molar-refractivity contribution < 1.29 is 4.42 Å². The molecule has 0 saturated heterocycles. The molecule has 0 spiro atoms. The van der Waals surface area contributed by atoms with Crippen molar-refractivity contribution in [1.29, 1.82) is 0 Å². The van der Waals surface area contributed by atoms with Gasteiger partial charge in [0, 0.05) is 70.0 Å². The molecule has 328 valence electrons.